The van der Waals surface area contributed by atoms with Crippen LogP contribution in [0.15, 0.2) is 58.9 Å². The minimum absolute atomic E-state index is 0.0765. The van der Waals surface area contributed by atoms with Crippen molar-refractivity contribution >= 4 is 46.1 Å². The fourth-order valence-electron chi connectivity index (χ4n) is 6.16. The standard InChI is InChI=1S/C34H35F2N7O3S/c1-6-29(45)41-16-20(5)42(17-19(41)4)32-24-14-26(36)31-23-12-21(9-10-25(23)35)38-28(44)8-7-11-47-22-13-27(30(18(2)3)37-15-22)43(33(24)39-31)34(46)40-32/h6,9-10,12-15,18-20H,1,7-8,11,16-17H2,2-5H3,(H,38,44)/t19-,20+/m1/s1. The van der Waals surface area contributed by atoms with Crippen LogP contribution in [-0.4, -0.2) is 67.2 Å². The number of rotatable bonds is 3. The Labute approximate surface area is 274 Å². The molecule has 10 nitrogen and oxygen atoms in total. The average Bonchev–Trinajstić information content (AvgIpc) is 3.03. The molecule has 0 saturated carbocycles. The molecule has 6 rings (SSSR count). The third kappa shape index (κ3) is 6.11. The van der Waals surface area contributed by atoms with E-state index in [0.29, 0.717) is 42.3 Å². The third-order valence-electron chi connectivity index (χ3n) is 8.50. The number of fused-ring (bicyclic) bond motifs is 7. The summed E-state index contributed by atoms with van der Waals surface area (Å²) in [6.45, 7) is 11.9. The fraction of sp³-hybridized carbons (Fsp3) is 0.353. The topological polar surface area (TPSA) is 113 Å². The Morgan fingerprint density at radius 1 is 1.09 bits per heavy atom. The molecule has 6 bridgehead atoms. The first kappa shape index (κ1) is 32.3. The highest BCUT2D eigenvalue weighted by Gasteiger charge is 2.34. The molecule has 4 aromatic rings. The Balaban J connectivity index is 1.66. The van der Waals surface area contributed by atoms with Crippen LogP contribution in [0.3, 0.4) is 0 Å². The van der Waals surface area contributed by atoms with E-state index in [-0.39, 0.29) is 64.3 Å². The van der Waals surface area contributed by atoms with Crippen molar-refractivity contribution in [3.63, 3.8) is 0 Å². The molecule has 1 fully saturated rings. The summed E-state index contributed by atoms with van der Waals surface area (Å²) in [5, 5.41) is 3.01. The van der Waals surface area contributed by atoms with Crippen LogP contribution in [0, 0.1) is 11.6 Å². The van der Waals surface area contributed by atoms with E-state index in [1.807, 2.05) is 38.7 Å². The molecular formula is C34H35F2N7O3S. The van der Waals surface area contributed by atoms with Crippen LogP contribution in [0.1, 0.15) is 52.1 Å². The zero-order chi connectivity index (χ0) is 33.6. The predicted molar refractivity (Wildman–Crippen MR) is 179 cm³/mol. The molecule has 244 valence electrons. The van der Waals surface area contributed by atoms with Crippen molar-refractivity contribution in [1.82, 2.24) is 24.4 Å². The van der Waals surface area contributed by atoms with Gasteiger partial charge < -0.3 is 15.1 Å². The number of amides is 2. The second-order valence-corrected chi connectivity index (χ2v) is 13.4. The Morgan fingerprint density at radius 3 is 2.62 bits per heavy atom. The van der Waals surface area contributed by atoms with Crippen molar-refractivity contribution in [2.45, 2.75) is 63.4 Å². The number of thioether (sulfide) groups is 1. The van der Waals surface area contributed by atoms with Gasteiger partial charge in [0.05, 0.1) is 16.8 Å². The van der Waals surface area contributed by atoms with Crippen LogP contribution in [0.5, 0.6) is 0 Å². The van der Waals surface area contributed by atoms with Gasteiger partial charge in [0, 0.05) is 53.9 Å². The second kappa shape index (κ2) is 12.9. The fourth-order valence-corrected chi connectivity index (χ4v) is 7.00. The highest BCUT2D eigenvalue weighted by Crippen LogP contribution is 2.35. The number of carbonyl (C=O) groups is 2. The van der Waals surface area contributed by atoms with E-state index in [0.717, 1.165) is 11.0 Å². The summed E-state index contributed by atoms with van der Waals surface area (Å²) in [5.74, 6) is -1.32. The Hall–Kier alpha value is -4.65. The number of anilines is 2. The number of nitrogens with zero attached hydrogens (tertiary/aromatic N) is 6. The van der Waals surface area contributed by atoms with E-state index in [2.05, 4.69) is 21.9 Å². The SMILES string of the molecule is C=CC(=O)N1C[C@H](C)N(c2nc(=O)n3c4nc(c(F)cc24)-c2cc(ccc2F)NC(=O)CCCSc2cnc(C(C)C)c-3c2)C[C@H]1C. The summed E-state index contributed by atoms with van der Waals surface area (Å²) in [4.78, 5) is 57.6. The van der Waals surface area contributed by atoms with Crippen LogP contribution < -0.4 is 15.9 Å². The van der Waals surface area contributed by atoms with Gasteiger partial charge in [-0.05, 0) is 68.3 Å². The normalized spacial score (nSPS) is 18.5. The Morgan fingerprint density at radius 2 is 1.87 bits per heavy atom. The van der Waals surface area contributed by atoms with Gasteiger partial charge in [-0.3, -0.25) is 14.6 Å². The maximum Gasteiger partial charge on any atom is 0.355 e. The first-order valence-electron chi connectivity index (χ1n) is 15.5. The largest absolute Gasteiger partial charge is 0.355 e. The molecule has 1 aromatic carbocycles. The third-order valence-corrected chi connectivity index (χ3v) is 9.55. The van der Waals surface area contributed by atoms with Crippen LogP contribution in [0.2, 0.25) is 0 Å². The van der Waals surface area contributed by atoms with Crippen molar-refractivity contribution < 1.29 is 18.4 Å². The minimum Gasteiger partial charge on any atom is -0.349 e. The molecule has 5 heterocycles. The quantitative estimate of drug-likeness (QED) is 0.280. The number of piperazine rings is 1. The first-order valence-corrected chi connectivity index (χ1v) is 16.5. The summed E-state index contributed by atoms with van der Waals surface area (Å²) in [7, 11) is 0. The smallest absolute Gasteiger partial charge is 0.349 e. The molecule has 1 saturated heterocycles. The minimum atomic E-state index is -0.832. The van der Waals surface area contributed by atoms with E-state index in [1.54, 1.807) is 11.1 Å². The highest BCUT2D eigenvalue weighted by molar-refractivity contribution is 7.99. The van der Waals surface area contributed by atoms with Gasteiger partial charge in [-0.25, -0.2) is 23.1 Å². The maximum atomic E-state index is 16.2. The molecule has 2 aliphatic heterocycles. The molecule has 3 aromatic heterocycles. The van der Waals surface area contributed by atoms with Gasteiger partial charge in [-0.1, -0.05) is 20.4 Å². The Kier molecular flexibility index (Phi) is 8.84. The summed E-state index contributed by atoms with van der Waals surface area (Å²) in [6, 6.07) is 6.41. The zero-order valence-corrected chi connectivity index (χ0v) is 27.4. The molecule has 0 aliphatic carbocycles. The monoisotopic (exact) mass is 659 g/mol. The number of nitrogens with one attached hydrogen (secondary N) is 1. The predicted octanol–water partition coefficient (Wildman–Crippen LogP) is 5.68. The van der Waals surface area contributed by atoms with Gasteiger partial charge in [0.2, 0.25) is 11.8 Å². The molecule has 2 atom stereocenters. The van der Waals surface area contributed by atoms with Crippen molar-refractivity contribution in [2.24, 2.45) is 0 Å². The van der Waals surface area contributed by atoms with Crippen LogP contribution in [0.25, 0.3) is 28.0 Å². The van der Waals surface area contributed by atoms with Gasteiger partial charge in [0.15, 0.2) is 5.65 Å². The maximum absolute atomic E-state index is 16.2. The summed E-state index contributed by atoms with van der Waals surface area (Å²) in [5.41, 5.74) is 0.264. The van der Waals surface area contributed by atoms with Crippen LogP contribution in [-0.2, 0) is 9.59 Å². The molecule has 0 radical (unpaired) electrons. The van der Waals surface area contributed by atoms with E-state index in [1.165, 1.54) is 40.6 Å². The van der Waals surface area contributed by atoms with Gasteiger partial charge in [-0.15, -0.1) is 11.8 Å². The molecule has 13 heteroatoms. The first-order chi connectivity index (χ1) is 22.5. The lowest BCUT2D eigenvalue weighted by Gasteiger charge is -2.44. The number of aromatic nitrogens is 4. The number of hydrogen-bond donors (Lipinski definition) is 1. The molecule has 2 aliphatic rings. The number of halogens is 2. The van der Waals surface area contributed by atoms with E-state index in [9.17, 15) is 14.4 Å². The zero-order valence-electron chi connectivity index (χ0n) is 26.6. The number of benzene rings is 1. The lowest BCUT2D eigenvalue weighted by atomic mass is 10.1. The van der Waals surface area contributed by atoms with Gasteiger partial charge in [-0.2, -0.15) is 4.98 Å². The number of pyridine rings is 2. The van der Waals surface area contributed by atoms with Crippen LogP contribution in [0.4, 0.5) is 20.3 Å². The van der Waals surface area contributed by atoms with Gasteiger partial charge >= 0.3 is 5.69 Å². The lowest BCUT2D eigenvalue weighted by Crippen LogP contribution is -2.58. The van der Waals surface area contributed by atoms with Gasteiger partial charge in [0.25, 0.3) is 0 Å². The summed E-state index contributed by atoms with van der Waals surface area (Å²) in [6.07, 6.45) is 3.78. The second-order valence-electron chi connectivity index (χ2n) is 12.2. The molecule has 2 amide bonds. The lowest BCUT2D eigenvalue weighted by molar-refractivity contribution is -0.128. The molecular weight excluding hydrogens is 624 g/mol. The average molecular weight is 660 g/mol. The van der Waals surface area contributed by atoms with Crippen molar-refractivity contribution in [1.29, 1.82) is 0 Å². The van der Waals surface area contributed by atoms with Crippen molar-refractivity contribution in [2.75, 3.05) is 29.1 Å². The highest BCUT2D eigenvalue weighted by atomic mass is 32.2. The van der Waals surface area contributed by atoms with E-state index < -0.39 is 17.3 Å². The summed E-state index contributed by atoms with van der Waals surface area (Å²) >= 11 is 1.50. The van der Waals surface area contributed by atoms with Crippen molar-refractivity contribution in [3.8, 4) is 16.9 Å². The van der Waals surface area contributed by atoms with E-state index in [4.69, 9.17) is 4.98 Å². The Bertz CT molecular complexity index is 1980. The van der Waals surface area contributed by atoms with Crippen molar-refractivity contribution in [3.05, 3.63) is 77.0 Å². The molecule has 0 unspecified atom stereocenters. The molecule has 47 heavy (non-hydrogen) atoms. The number of carbonyl (C=O) groups excluding carboxylic acids is 2. The molecule has 1 N–H and O–H groups in total. The summed E-state index contributed by atoms with van der Waals surface area (Å²) < 4.78 is 32.9. The van der Waals surface area contributed by atoms with Gasteiger partial charge in [0.1, 0.15) is 23.1 Å². The number of hydrogen-bond acceptors (Lipinski definition) is 8. The van der Waals surface area contributed by atoms with E-state index >= 15 is 8.78 Å². The van der Waals surface area contributed by atoms with Crippen LogP contribution >= 0.6 is 11.8 Å². The molecule has 0 spiro atoms.